The number of halogens is 1. The molecule has 0 radical (unpaired) electrons. The van der Waals surface area contributed by atoms with Crippen molar-refractivity contribution in [2.24, 2.45) is 0 Å². The van der Waals surface area contributed by atoms with Crippen molar-refractivity contribution >= 4 is 17.3 Å². The predicted molar refractivity (Wildman–Crippen MR) is 62.7 cm³/mol. The van der Waals surface area contributed by atoms with Crippen LogP contribution in [0, 0.1) is 6.92 Å². The standard InChI is InChI=1S/C11H10ClN3O/c1-7-5-14-11(15-6-7)16-10-3-2-8(13)4-9(10)12/h2-6H,13H2,1H3. The summed E-state index contributed by atoms with van der Waals surface area (Å²) < 4.78 is 5.41. The van der Waals surface area contributed by atoms with Crippen LogP contribution in [-0.4, -0.2) is 9.97 Å². The average molecular weight is 236 g/mol. The normalized spacial score (nSPS) is 10.1. The maximum absolute atomic E-state index is 5.95. The molecule has 1 aromatic heterocycles. The van der Waals surface area contributed by atoms with Gasteiger partial charge in [-0.05, 0) is 30.7 Å². The van der Waals surface area contributed by atoms with Crippen LogP contribution >= 0.6 is 11.6 Å². The molecule has 0 saturated heterocycles. The Hall–Kier alpha value is -1.81. The van der Waals surface area contributed by atoms with Crippen LogP contribution in [0.3, 0.4) is 0 Å². The van der Waals surface area contributed by atoms with E-state index in [1.165, 1.54) is 0 Å². The molecule has 16 heavy (non-hydrogen) atoms. The number of nitrogens with zero attached hydrogens (tertiary/aromatic N) is 2. The average Bonchev–Trinajstić information content (AvgIpc) is 2.25. The summed E-state index contributed by atoms with van der Waals surface area (Å²) in [6.07, 6.45) is 3.35. The second kappa shape index (κ2) is 4.37. The minimum absolute atomic E-state index is 0.261. The lowest BCUT2D eigenvalue weighted by Gasteiger charge is -2.05. The van der Waals surface area contributed by atoms with Gasteiger partial charge in [-0.2, -0.15) is 0 Å². The van der Waals surface area contributed by atoms with Gasteiger partial charge in [0.1, 0.15) is 5.75 Å². The fraction of sp³-hybridized carbons (Fsp3) is 0.0909. The lowest BCUT2D eigenvalue weighted by molar-refractivity contribution is 0.441. The van der Waals surface area contributed by atoms with Crippen molar-refractivity contribution in [3.8, 4) is 11.8 Å². The second-order valence-electron chi connectivity index (χ2n) is 3.33. The van der Waals surface area contributed by atoms with E-state index in [1.54, 1.807) is 30.6 Å². The Bertz CT molecular complexity index is 499. The number of hydrogen-bond acceptors (Lipinski definition) is 4. The molecule has 0 unspecified atom stereocenters. The van der Waals surface area contributed by atoms with Crippen molar-refractivity contribution < 1.29 is 4.74 Å². The highest BCUT2D eigenvalue weighted by Crippen LogP contribution is 2.29. The zero-order valence-electron chi connectivity index (χ0n) is 8.64. The molecule has 1 aromatic carbocycles. The third-order valence-corrected chi connectivity index (χ3v) is 2.21. The van der Waals surface area contributed by atoms with Crippen LogP contribution in [0.15, 0.2) is 30.6 Å². The second-order valence-corrected chi connectivity index (χ2v) is 3.74. The first kappa shape index (κ1) is 10.7. The molecule has 0 fully saturated rings. The quantitative estimate of drug-likeness (QED) is 0.813. The highest BCUT2D eigenvalue weighted by atomic mass is 35.5. The summed E-state index contributed by atoms with van der Waals surface area (Å²) in [7, 11) is 0. The zero-order chi connectivity index (χ0) is 11.5. The van der Waals surface area contributed by atoms with E-state index in [2.05, 4.69) is 9.97 Å². The zero-order valence-corrected chi connectivity index (χ0v) is 9.40. The number of hydrogen-bond donors (Lipinski definition) is 1. The Morgan fingerprint density at radius 3 is 2.56 bits per heavy atom. The van der Waals surface area contributed by atoms with Gasteiger partial charge in [-0.15, -0.1) is 0 Å². The number of nitrogens with two attached hydrogens (primary N) is 1. The fourth-order valence-corrected chi connectivity index (χ4v) is 1.36. The smallest absolute Gasteiger partial charge is 0.321 e. The van der Waals surface area contributed by atoms with Crippen LogP contribution < -0.4 is 10.5 Å². The van der Waals surface area contributed by atoms with Gasteiger partial charge in [0.15, 0.2) is 0 Å². The van der Waals surface area contributed by atoms with Crippen LogP contribution in [0.5, 0.6) is 11.8 Å². The first-order valence-electron chi connectivity index (χ1n) is 4.66. The molecule has 0 aliphatic heterocycles. The van der Waals surface area contributed by atoms with Crippen LogP contribution in [0.1, 0.15) is 5.56 Å². The molecule has 0 amide bonds. The van der Waals surface area contributed by atoms with E-state index in [0.29, 0.717) is 16.5 Å². The van der Waals surface area contributed by atoms with Gasteiger partial charge in [-0.25, -0.2) is 9.97 Å². The summed E-state index contributed by atoms with van der Waals surface area (Å²) in [5.74, 6) is 0.486. The highest BCUT2D eigenvalue weighted by Gasteiger charge is 2.04. The summed E-state index contributed by atoms with van der Waals surface area (Å²) in [5, 5.41) is 0.434. The van der Waals surface area contributed by atoms with Crippen LogP contribution in [0.4, 0.5) is 5.69 Å². The van der Waals surface area contributed by atoms with E-state index in [0.717, 1.165) is 5.56 Å². The third-order valence-electron chi connectivity index (χ3n) is 1.91. The highest BCUT2D eigenvalue weighted by molar-refractivity contribution is 6.32. The lowest BCUT2D eigenvalue weighted by Crippen LogP contribution is -1.93. The number of aromatic nitrogens is 2. The molecule has 0 saturated carbocycles. The maximum Gasteiger partial charge on any atom is 0.321 e. The molecule has 0 aliphatic carbocycles. The number of anilines is 1. The fourth-order valence-electron chi connectivity index (χ4n) is 1.13. The largest absolute Gasteiger partial charge is 0.423 e. The SMILES string of the molecule is Cc1cnc(Oc2ccc(N)cc2Cl)nc1. The van der Waals surface area contributed by atoms with Gasteiger partial charge in [-0.1, -0.05) is 11.6 Å². The summed E-state index contributed by atoms with van der Waals surface area (Å²) in [4.78, 5) is 8.03. The van der Waals surface area contributed by atoms with Gasteiger partial charge in [0.05, 0.1) is 5.02 Å². The molecule has 0 aliphatic rings. The van der Waals surface area contributed by atoms with Crippen molar-refractivity contribution in [2.45, 2.75) is 6.92 Å². The maximum atomic E-state index is 5.95. The van der Waals surface area contributed by atoms with Crippen LogP contribution in [0.2, 0.25) is 5.02 Å². The van der Waals surface area contributed by atoms with Gasteiger partial charge >= 0.3 is 6.01 Å². The van der Waals surface area contributed by atoms with E-state index in [-0.39, 0.29) is 6.01 Å². The van der Waals surface area contributed by atoms with Gasteiger partial charge in [0.2, 0.25) is 0 Å². The number of aryl methyl sites for hydroxylation is 1. The number of benzene rings is 1. The molecule has 4 nitrogen and oxygen atoms in total. The predicted octanol–water partition coefficient (Wildman–Crippen LogP) is 2.81. The molecule has 2 rings (SSSR count). The van der Waals surface area contributed by atoms with E-state index >= 15 is 0 Å². The lowest BCUT2D eigenvalue weighted by atomic mass is 10.3. The van der Waals surface area contributed by atoms with Crippen molar-refractivity contribution in [3.05, 3.63) is 41.2 Å². The molecule has 2 N–H and O–H groups in total. The summed E-state index contributed by atoms with van der Waals surface area (Å²) in [6.45, 7) is 1.90. The Labute approximate surface area is 98.0 Å². The summed E-state index contributed by atoms with van der Waals surface area (Å²) in [6, 6.07) is 5.26. The number of rotatable bonds is 2. The van der Waals surface area contributed by atoms with E-state index in [1.807, 2.05) is 6.92 Å². The molecule has 2 aromatic rings. The molecule has 5 heteroatoms. The molecule has 1 heterocycles. The van der Waals surface area contributed by atoms with Crippen molar-refractivity contribution in [1.82, 2.24) is 9.97 Å². The first-order valence-corrected chi connectivity index (χ1v) is 5.04. The van der Waals surface area contributed by atoms with Gasteiger partial charge < -0.3 is 10.5 Å². The minimum atomic E-state index is 0.261. The van der Waals surface area contributed by atoms with Gasteiger partial charge in [-0.3, -0.25) is 0 Å². The molecule has 0 spiro atoms. The molecule has 0 bridgehead atoms. The first-order chi connectivity index (χ1) is 7.65. The third kappa shape index (κ3) is 2.41. The van der Waals surface area contributed by atoms with Gasteiger partial charge in [0, 0.05) is 18.1 Å². The monoisotopic (exact) mass is 235 g/mol. The summed E-state index contributed by atoms with van der Waals surface area (Å²) >= 11 is 5.95. The van der Waals surface area contributed by atoms with Crippen LogP contribution in [0.25, 0.3) is 0 Å². The van der Waals surface area contributed by atoms with Gasteiger partial charge in [0.25, 0.3) is 0 Å². The molecular weight excluding hydrogens is 226 g/mol. The Kier molecular flexibility index (Phi) is 2.92. The Balaban J connectivity index is 2.23. The topological polar surface area (TPSA) is 61.0 Å². The minimum Gasteiger partial charge on any atom is -0.423 e. The molecule has 0 atom stereocenters. The molecule has 82 valence electrons. The summed E-state index contributed by atoms with van der Waals surface area (Å²) in [5.41, 5.74) is 7.12. The van der Waals surface area contributed by atoms with E-state index in [9.17, 15) is 0 Å². The van der Waals surface area contributed by atoms with E-state index in [4.69, 9.17) is 22.1 Å². The van der Waals surface area contributed by atoms with Crippen molar-refractivity contribution in [3.63, 3.8) is 0 Å². The van der Waals surface area contributed by atoms with Crippen molar-refractivity contribution in [2.75, 3.05) is 5.73 Å². The Morgan fingerprint density at radius 1 is 1.25 bits per heavy atom. The number of nitrogen functional groups attached to an aromatic ring is 1. The number of ether oxygens (including phenoxy) is 1. The Morgan fingerprint density at radius 2 is 1.94 bits per heavy atom. The van der Waals surface area contributed by atoms with E-state index < -0.39 is 0 Å². The van der Waals surface area contributed by atoms with Crippen molar-refractivity contribution in [1.29, 1.82) is 0 Å². The molecular formula is C11H10ClN3O. The van der Waals surface area contributed by atoms with Crippen LogP contribution in [-0.2, 0) is 0 Å².